The van der Waals surface area contributed by atoms with Gasteiger partial charge in [-0.15, -0.1) is 0 Å². The maximum atomic E-state index is 14.9. The van der Waals surface area contributed by atoms with Gasteiger partial charge in [0.05, 0.1) is 12.9 Å². The molecule has 6 nitrogen and oxygen atoms in total. The molecule has 1 aliphatic carbocycles. The summed E-state index contributed by atoms with van der Waals surface area (Å²) in [5, 5.41) is 0. The van der Waals surface area contributed by atoms with Crippen LogP contribution in [0.1, 0.15) is 39.0 Å². The Morgan fingerprint density at radius 2 is 1.54 bits per heavy atom. The number of carbonyl (C=O) groups excluding carboxylic acids is 1. The Morgan fingerprint density at radius 3 is 2.21 bits per heavy atom. The first-order valence-corrected chi connectivity index (χ1v) is 14.7. The average molecular weight is 553 g/mol. The van der Waals surface area contributed by atoms with E-state index in [1.54, 1.807) is 18.2 Å². The number of halogens is 2. The summed E-state index contributed by atoms with van der Waals surface area (Å²) in [6.45, 7) is 5.47. The molecule has 0 saturated carbocycles. The SMILES string of the molecule is Cc1ccc(C2=C(c3ccc(F)cc3F)c3ccc(OCCCN4CCN(S(C)(=O)=O)CC4)cc3C2=O)cc1. The van der Waals surface area contributed by atoms with Crippen molar-refractivity contribution in [2.75, 3.05) is 45.6 Å². The molecule has 3 aromatic carbocycles. The Bertz CT molecular complexity index is 1540. The van der Waals surface area contributed by atoms with Crippen molar-refractivity contribution in [3.8, 4) is 5.75 Å². The molecule has 1 fully saturated rings. The molecule has 9 heteroatoms. The van der Waals surface area contributed by atoms with Gasteiger partial charge in [0.2, 0.25) is 10.0 Å². The molecule has 0 aromatic heterocycles. The average Bonchev–Trinajstić information content (AvgIpc) is 3.18. The summed E-state index contributed by atoms with van der Waals surface area (Å²) in [6.07, 6.45) is 1.97. The second kappa shape index (κ2) is 11.0. The van der Waals surface area contributed by atoms with Crippen LogP contribution in [0.15, 0.2) is 60.7 Å². The van der Waals surface area contributed by atoms with E-state index in [0.29, 0.717) is 66.4 Å². The number of aryl methyl sites for hydroxylation is 1. The Balaban J connectivity index is 1.32. The number of rotatable bonds is 8. The van der Waals surface area contributed by atoms with E-state index in [-0.39, 0.29) is 11.3 Å². The summed E-state index contributed by atoms with van der Waals surface area (Å²) in [6, 6.07) is 16.1. The maximum absolute atomic E-state index is 14.9. The van der Waals surface area contributed by atoms with Crippen LogP contribution in [0.25, 0.3) is 11.1 Å². The summed E-state index contributed by atoms with van der Waals surface area (Å²) in [7, 11) is -3.16. The number of ether oxygens (including phenoxy) is 1. The van der Waals surface area contributed by atoms with Gasteiger partial charge in [0.25, 0.3) is 0 Å². The number of piperazine rings is 1. The third-order valence-corrected chi connectivity index (χ3v) is 8.51. The fourth-order valence-electron chi connectivity index (χ4n) is 5.13. The summed E-state index contributed by atoms with van der Waals surface area (Å²) >= 11 is 0. The van der Waals surface area contributed by atoms with Crippen molar-refractivity contribution < 1.29 is 26.7 Å². The number of nitrogens with zero attached hydrogens (tertiary/aromatic N) is 2. The fourth-order valence-corrected chi connectivity index (χ4v) is 5.96. The Hall–Kier alpha value is -3.40. The number of sulfonamides is 1. The second-order valence-electron chi connectivity index (χ2n) is 9.98. The minimum absolute atomic E-state index is 0.170. The van der Waals surface area contributed by atoms with Gasteiger partial charge in [0.15, 0.2) is 5.78 Å². The third kappa shape index (κ3) is 5.80. The molecule has 3 aromatic rings. The van der Waals surface area contributed by atoms with Gasteiger partial charge in [-0.05, 0) is 54.8 Å². The highest BCUT2D eigenvalue weighted by atomic mass is 32.2. The molecule has 204 valence electrons. The first-order valence-electron chi connectivity index (χ1n) is 12.9. The number of fused-ring (bicyclic) bond motifs is 1. The van der Waals surface area contributed by atoms with Gasteiger partial charge in [-0.3, -0.25) is 4.79 Å². The zero-order valence-electron chi connectivity index (χ0n) is 21.9. The van der Waals surface area contributed by atoms with Gasteiger partial charge in [0.1, 0.15) is 17.4 Å². The van der Waals surface area contributed by atoms with Crippen LogP contribution in [-0.2, 0) is 10.0 Å². The molecule has 1 saturated heterocycles. The van der Waals surface area contributed by atoms with E-state index in [1.165, 1.54) is 22.7 Å². The highest BCUT2D eigenvalue weighted by Crippen LogP contribution is 2.44. The topological polar surface area (TPSA) is 66.9 Å². The molecular weight excluding hydrogens is 522 g/mol. The highest BCUT2D eigenvalue weighted by Gasteiger charge is 2.33. The number of allylic oxidation sites excluding steroid dienone is 1. The molecule has 0 amide bonds. The standard InChI is InChI=1S/C30H30F2N2O4S/c1-20-4-6-21(7-5-20)28-29(25-10-8-22(31)18-27(25)32)24-11-9-23(19-26(24)30(28)35)38-17-3-12-33-13-15-34(16-14-33)39(2,36)37/h4-11,18-19H,3,12-17H2,1-2H3. The highest BCUT2D eigenvalue weighted by molar-refractivity contribution is 7.88. The number of ketones is 1. The number of benzene rings is 3. The summed E-state index contributed by atoms with van der Waals surface area (Å²) < 4.78 is 59.5. The molecule has 0 atom stereocenters. The van der Waals surface area contributed by atoms with E-state index >= 15 is 0 Å². The van der Waals surface area contributed by atoms with Crippen molar-refractivity contribution in [3.63, 3.8) is 0 Å². The quantitative estimate of drug-likeness (QED) is 0.377. The molecule has 0 bridgehead atoms. The van der Waals surface area contributed by atoms with Gasteiger partial charge < -0.3 is 9.64 Å². The van der Waals surface area contributed by atoms with Crippen LogP contribution in [0.4, 0.5) is 8.78 Å². The first-order chi connectivity index (χ1) is 18.6. The number of Topliss-reactive ketones (excluding diaryl/α,β-unsaturated/α-hetero) is 1. The monoisotopic (exact) mass is 552 g/mol. The van der Waals surface area contributed by atoms with E-state index in [9.17, 15) is 22.0 Å². The van der Waals surface area contributed by atoms with Crippen molar-refractivity contribution in [1.82, 2.24) is 9.21 Å². The molecule has 0 unspecified atom stereocenters. The Labute approximate surface area is 227 Å². The normalized spacial score (nSPS) is 16.6. The predicted octanol–water partition coefficient (Wildman–Crippen LogP) is 4.77. The summed E-state index contributed by atoms with van der Waals surface area (Å²) in [5.41, 5.74) is 3.68. The molecule has 2 aliphatic rings. The van der Waals surface area contributed by atoms with Crippen molar-refractivity contribution in [2.45, 2.75) is 13.3 Å². The van der Waals surface area contributed by atoms with Crippen LogP contribution < -0.4 is 4.74 Å². The van der Waals surface area contributed by atoms with Gasteiger partial charge >= 0.3 is 0 Å². The van der Waals surface area contributed by atoms with E-state index in [1.807, 2.05) is 31.2 Å². The number of hydrogen-bond donors (Lipinski definition) is 0. The van der Waals surface area contributed by atoms with E-state index in [4.69, 9.17) is 4.74 Å². The van der Waals surface area contributed by atoms with Crippen LogP contribution in [0.5, 0.6) is 5.75 Å². The Kier molecular flexibility index (Phi) is 7.66. The summed E-state index contributed by atoms with van der Waals surface area (Å²) in [5.74, 6) is -1.11. The Morgan fingerprint density at radius 1 is 0.846 bits per heavy atom. The largest absolute Gasteiger partial charge is 0.494 e. The zero-order chi connectivity index (χ0) is 27.7. The van der Waals surface area contributed by atoms with E-state index in [0.717, 1.165) is 24.6 Å². The van der Waals surface area contributed by atoms with Crippen LogP contribution >= 0.6 is 0 Å². The van der Waals surface area contributed by atoms with Crippen molar-refractivity contribution in [1.29, 1.82) is 0 Å². The number of carbonyl (C=O) groups is 1. The van der Waals surface area contributed by atoms with E-state index < -0.39 is 21.7 Å². The lowest BCUT2D eigenvalue weighted by Gasteiger charge is -2.33. The first kappa shape index (κ1) is 27.2. The van der Waals surface area contributed by atoms with Crippen LogP contribution in [0, 0.1) is 18.6 Å². The van der Waals surface area contributed by atoms with E-state index in [2.05, 4.69) is 4.90 Å². The van der Waals surface area contributed by atoms with Crippen molar-refractivity contribution in [3.05, 3.63) is 100 Å². The lowest BCUT2D eigenvalue weighted by atomic mass is 9.93. The lowest BCUT2D eigenvalue weighted by molar-refractivity contribution is 0.105. The van der Waals surface area contributed by atoms with Gasteiger partial charge in [0, 0.05) is 61.1 Å². The van der Waals surface area contributed by atoms with Crippen LogP contribution in [-0.4, -0.2) is 69.0 Å². The zero-order valence-corrected chi connectivity index (χ0v) is 22.7. The van der Waals surface area contributed by atoms with Gasteiger partial charge in [-0.1, -0.05) is 29.8 Å². The molecule has 0 N–H and O–H groups in total. The fraction of sp³-hybridized carbons (Fsp3) is 0.300. The minimum atomic E-state index is -3.16. The van der Waals surface area contributed by atoms with Crippen molar-refractivity contribution in [2.24, 2.45) is 0 Å². The molecule has 39 heavy (non-hydrogen) atoms. The maximum Gasteiger partial charge on any atom is 0.211 e. The smallest absolute Gasteiger partial charge is 0.211 e. The molecule has 5 rings (SSSR count). The molecular formula is C30H30F2N2O4S. The molecule has 0 spiro atoms. The molecule has 0 radical (unpaired) electrons. The summed E-state index contributed by atoms with van der Waals surface area (Å²) in [4.78, 5) is 15.9. The van der Waals surface area contributed by atoms with Crippen LogP contribution in [0.3, 0.4) is 0 Å². The number of hydrogen-bond acceptors (Lipinski definition) is 5. The second-order valence-corrected chi connectivity index (χ2v) is 12.0. The van der Waals surface area contributed by atoms with Crippen LogP contribution in [0.2, 0.25) is 0 Å². The predicted molar refractivity (Wildman–Crippen MR) is 147 cm³/mol. The van der Waals surface area contributed by atoms with Crippen molar-refractivity contribution >= 4 is 27.0 Å². The molecule has 1 heterocycles. The third-order valence-electron chi connectivity index (χ3n) is 7.21. The lowest BCUT2D eigenvalue weighted by Crippen LogP contribution is -2.48. The minimum Gasteiger partial charge on any atom is -0.494 e. The van der Waals surface area contributed by atoms with Gasteiger partial charge in [-0.25, -0.2) is 17.2 Å². The molecule has 1 aliphatic heterocycles. The van der Waals surface area contributed by atoms with Gasteiger partial charge in [-0.2, -0.15) is 4.31 Å².